The maximum absolute atomic E-state index is 14.2. The molecule has 0 amide bonds. The highest BCUT2D eigenvalue weighted by Crippen LogP contribution is 2.57. The number of hydrogen-bond donors (Lipinski definition) is 0. The molecule has 0 saturated heterocycles. The highest BCUT2D eigenvalue weighted by molar-refractivity contribution is 6.12. The van der Waals surface area contributed by atoms with Gasteiger partial charge in [0.25, 0.3) is 0 Å². The second-order valence-corrected chi connectivity index (χ2v) is 9.47. The van der Waals surface area contributed by atoms with Gasteiger partial charge in [-0.05, 0) is 54.4 Å². The number of nitriles is 6. The zero-order valence-corrected chi connectivity index (χ0v) is 22.6. The normalized spacial score (nSPS) is 14.5. The van der Waals surface area contributed by atoms with Gasteiger partial charge < -0.3 is 0 Å². The van der Waals surface area contributed by atoms with Gasteiger partial charge in [0, 0.05) is 27.8 Å². The van der Waals surface area contributed by atoms with Gasteiger partial charge in [0.15, 0.2) is 0 Å². The molecule has 0 atom stereocenters. The summed E-state index contributed by atoms with van der Waals surface area (Å²) < 4.78 is 84.9. The van der Waals surface area contributed by atoms with Crippen LogP contribution in [0.15, 0.2) is 71.3 Å². The molecule has 12 heteroatoms. The third-order valence-electron chi connectivity index (χ3n) is 6.84. The average molecular weight is 606 g/mol. The number of allylic oxidation sites excluding steroid dienone is 6. The average Bonchev–Trinajstić information content (AvgIpc) is 3.71. The third kappa shape index (κ3) is 5.74. The van der Waals surface area contributed by atoms with Crippen LogP contribution in [-0.4, -0.2) is 0 Å². The number of rotatable bonds is 3. The molecule has 3 aromatic rings. The van der Waals surface area contributed by atoms with E-state index in [-0.39, 0.29) is 44.5 Å². The molecule has 0 spiro atoms. The van der Waals surface area contributed by atoms with Crippen LogP contribution < -0.4 is 0 Å². The van der Waals surface area contributed by atoms with Crippen molar-refractivity contribution >= 4 is 16.7 Å². The second kappa shape index (κ2) is 11.6. The van der Waals surface area contributed by atoms with Crippen LogP contribution in [0.5, 0.6) is 0 Å². The minimum absolute atomic E-state index is 0.153. The maximum atomic E-state index is 14.2. The number of hydrogen-bond acceptors (Lipinski definition) is 6. The molecule has 1 aliphatic carbocycles. The summed E-state index contributed by atoms with van der Waals surface area (Å²) in [5, 5.41) is 58.1. The summed E-state index contributed by atoms with van der Waals surface area (Å²) in [4.78, 5) is 0. The van der Waals surface area contributed by atoms with Gasteiger partial charge in [-0.3, -0.25) is 0 Å². The van der Waals surface area contributed by atoms with Gasteiger partial charge in [-0.2, -0.15) is 57.9 Å². The zero-order chi connectivity index (χ0) is 33.3. The second-order valence-electron chi connectivity index (χ2n) is 9.47. The number of benzene rings is 3. The summed E-state index contributed by atoms with van der Waals surface area (Å²) in [6.45, 7) is 1.52. The van der Waals surface area contributed by atoms with Gasteiger partial charge in [0.05, 0.1) is 62.7 Å². The lowest BCUT2D eigenvalue weighted by Crippen LogP contribution is -2.09. The number of nitrogens with zero attached hydrogens (tertiary/aromatic N) is 6. The van der Waals surface area contributed by atoms with Crippen molar-refractivity contribution in [3.63, 3.8) is 0 Å². The monoisotopic (exact) mass is 606 g/mol. The molecule has 1 saturated carbocycles. The minimum atomic E-state index is -5.08. The lowest BCUT2D eigenvalue weighted by Gasteiger charge is -2.13. The minimum Gasteiger partial charge on any atom is -0.192 e. The van der Waals surface area contributed by atoms with Crippen LogP contribution in [-0.2, 0) is 12.4 Å². The van der Waals surface area contributed by atoms with Crippen molar-refractivity contribution in [3.8, 4) is 36.4 Å². The van der Waals surface area contributed by atoms with Crippen LogP contribution >= 0.6 is 0 Å². The van der Waals surface area contributed by atoms with E-state index in [0.29, 0.717) is 17.7 Å². The van der Waals surface area contributed by atoms with Gasteiger partial charge in [0.1, 0.15) is 18.2 Å². The van der Waals surface area contributed by atoms with Gasteiger partial charge in [-0.1, -0.05) is 18.2 Å². The maximum Gasteiger partial charge on any atom is 0.417 e. The Kier molecular flexibility index (Phi) is 8.07. The van der Waals surface area contributed by atoms with E-state index in [1.54, 1.807) is 24.3 Å². The molecular formula is C33H12F6N6. The molecule has 0 bridgehead atoms. The first-order valence-corrected chi connectivity index (χ1v) is 12.4. The van der Waals surface area contributed by atoms with Crippen LogP contribution in [0.3, 0.4) is 0 Å². The van der Waals surface area contributed by atoms with E-state index in [0.717, 1.165) is 24.3 Å². The largest absolute Gasteiger partial charge is 0.417 e. The van der Waals surface area contributed by atoms with Crippen molar-refractivity contribution in [2.75, 3.05) is 0 Å². The summed E-state index contributed by atoms with van der Waals surface area (Å²) in [5.74, 6) is 0. The fourth-order valence-corrected chi connectivity index (χ4v) is 4.84. The summed E-state index contributed by atoms with van der Waals surface area (Å²) in [6, 6.07) is 19.1. The fourth-order valence-electron chi connectivity index (χ4n) is 4.84. The van der Waals surface area contributed by atoms with E-state index in [2.05, 4.69) is 0 Å². The van der Waals surface area contributed by atoms with Crippen LogP contribution in [0, 0.1) is 74.9 Å². The van der Waals surface area contributed by atoms with E-state index < -0.39 is 45.8 Å². The first-order valence-electron chi connectivity index (χ1n) is 12.4. The van der Waals surface area contributed by atoms with Crippen molar-refractivity contribution in [1.29, 1.82) is 31.6 Å². The Labute approximate surface area is 251 Å². The highest BCUT2D eigenvalue weighted by Gasteiger charge is 2.45. The van der Waals surface area contributed by atoms with E-state index in [9.17, 15) is 47.4 Å². The van der Waals surface area contributed by atoms with Crippen LogP contribution in [0.25, 0.3) is 16.7 Å². The molecule has 0 aromatic heterocycles. The van der Waals surface area contributed by atoms with Crippen molar-refractivity contribution < 1.29 is 26.3 Å². The van der Waals surface area contributed by atoms with Gasteiger partial charge in [-0.25, -0.2) is 0 Å². The van der Waals surface area contributed by atoms with Crippen molar-refractivity contribution in [1.82, 2.24) is 0 Å². The third-order valence-corrected chi connectivity index (χ3v) is 6.84. The van der Waals surface area contributed by atoms with Gasteiger partial charge in [0.2, 0.25) is 0 Å². The quantitative estimate of drug-likeness (QED) is 0.219. The summed E-state index contributed by atoms with van der Waals surface area (Å²) >= 11 is 0. The smallest absolute Gasteiger partial charge is 0.192 e. The summed E-state index contributed by atoms with van der Waals surface area (Å²) in [7, 11) is 0. The molecule has 3 aromatic carbocycles. The Hall–Kier alpha value is -6.60. The Morgan fingerprint density at radius 3 is 1.09 bits per heavy atom. The Bertz CT molecular complexity index is 2040. The van der Waals surface area contributed by atoms with Crippen molar-refractivity contribution in [2.24, 2.45) is 0 Å². The SMILES string of the molecule is Cc1cc(C#N)ccc1C(C#N)=C1C(=C(C#N)c2ccc(C#N)cc2C(F)(F)F)C1=C(C#N)c1ccc(C#N)cc1C(F)(F)F. The molecule has 4 rings (SSSR count). The molecular weight excluding hydrogens is 594 g/mol. The molecule has 0 aliphatic heterocycles. The molecule has 6 nitrogen and oxygen atoms in total. The molecule has 1 fully saturated rings. The Morgan fingerprint density at radius 1 is 0.489 bits per heavy atom. The molecule has 0 N–H and O–H groups in total. The highest BCUT2D eigenvalue weighted by atomic mass is 19.4. The first-order chi connectivity index (χ1) is 21.2. The topological polar surface area (TPSA) is 143 Å². The van der Waals surface area contributed by atoms with E-state index >= 15 is 0 Å². The molecule has 216 valence electrons. The van der Waals surface area contributed by atoms with Gasteiger partial charge >= 0.3 is 12.4 Å². The van der Waals surface area contributed by atoms with Gasteiger partial charge in [-0.15, -0.1) is 0 Å². The van der Waals surface area contributed by atoms with Crippen molar-refractivity contribution in [2.45, 2.75) is 19.3 Å². The lowest BCUT2D eigenvalue weighted by molar-refractivity contribution is -0.138. The van der Waals surface area contributed by atoms with Crippen LogP contribution in [0.4, 0.5) is 26.3 Å². The van der Waals surface area contributed by atoms with Crippen LogP contribution in [0.1, 0.15) is 50.1 Å². The molecule has 45 heavy (non-hydrogen) atoms. The molecule has 1 aliphatic rings. The standard InChI is InChI=1S/C33H12F6N6/c1-17-8-18(11-40)2-5-21(17)24(14-43)29-30(25(15-44)22-6-3-19(12-41)9-27(22)32(34,35)36)31(29)26(16-45)23-7-4-20(13-42)10-28(23)33(37,38)39/h2-10H,1H3. The predicted octanol–water partition coefficient (Wildman–Crippen LogP) is 7.89. The summed E-state index contributed by atoms with van der Waals surface area (Å²) in [6.07, 6.45) is -10.2. The van der Waals surface area contributed by atoms with Crippen LogP contribution in [0.2, 0.25) is 0 Å². The predicted molar refractivity (Wildman–Crippen MR) is 146 cm³/mol. The number of halogens is 6. The number of alkyl halides is 6. The van der Waals surface area contributed by atoms with E-state index in [4.69, 9.17) is 10.5 Å². The Morgan fingerprint density at radius 2 is 0.800 bits per heavy atom. The number of aryl methyl sites for hydroxylation is 1. The zero-order valence-electron chi connectivity index (χ0n) is 22.6. The lowest BCUT2D eigenvalue weighted by atomic mass is 9.95. The van der Waals surface area contributed by atoms with E-state index in [1.807, 2.05) is 12.1 Å². The first kappa shape index (κ1) is 31.3. The Balaban J connectivity index is 2.24. The molecule has 0 unspecified atom stereocenters. The molecule has 0 heterocycles. The van der Waals surface area contributed by atoms with E-state index in [1.165, 1.54) is 25.1 Å². The molecule has 0 radical (unpaired) electrons. The summed E-state index contributed by atoms with van der Waals surface area (Å²) in [5.41, 5.74) is -6.96. The fraction of sp³-hybridized carbons (Fsp3) is 0.0909. The van der Waals surface area contributed by atoms with Crippen molar-refractivity contribution in [3.05, 3.63) is 121 Å².